The summed E-state index contributed by atoms with van der Waals surface area (Å²) in [6.07, 6.45) is 1.51. The monoisotopic (exact) mass is 387 g/mol. The summed E-state index contributed by atoms with van der Waals surface area (Å²) in [7, 11) is -3.70. The predicted molar refractivity (Wildman–Crippen MR) is 108 cm³/mol. The number of nitrogens with one attached hydrogen (secondary N) is 2. The van der Waals surface area contributed by atoms with E-state index in [2.05, 4.69) is 10.0 Å². The third-order valence-electron chi connectivity index (χ3n) is 4.67. The van der Waals surface area contributed by atoms with E-state index < -0.39 is 10.0 Å². The lowest BCUT2D eigenvalue weighted by Crippen LogP contribution is -2.39. The van der Waals surface area contributed by atoms with Crippen molar-refractivity contribution in [2.45, 2.75) is 38.5 Å². The Morgan fingerprint density at radius 2 is 1.93 bits per heavy atom. The molecule has 2 amide bonds. The zero-order valence-electron chi connectivity index (χ0n) is 15.9. The molecule has 1 aliphatic rings. The maximum absolute atomic E-state index is 12.8. The summed E-state index contributed by atoms with van der Waals surface area (Å²) in [5, 5.41) is 2.86. The first-order valence-electron chi connectivity index (χ1n) is 9.10. The number of nitrogens with zero attached hydrogens (tertiary/aromatic N) is 1. The Balaban J connectivity index is 1.84. The lowest BCUT2D eigenvalue weighted by molar-refractivity contribution is 0.247. The Morgan fingerprint density at radius 1 is 1.15 bits per heavy atom. The summed E-state index contributed by atoms with van der Waals surface area (Å²) >= 11 is 0. The highest BCUT2D eigenvalue weighted by molar-refractivity contribution is 7.92. The van der Waals surface area contributed by atoms with Gasteiger partial charge >= 0.3 is 6.03 Å². The van der Waals surface area contributed by atoms with Gasteiger partial charge in [0.25, 0.3) is 10.0 Å². The molecular weight excluding hydrogens is 362 g/mol. The fourth-order valence-electron chi connectivity index (χ4n) is 3.13. The van der Waals surface area contributed by atoms with Gasteiger partial charge in [-0.25, -0.2) is 13.2 Å². The van der Waals surface area contributed by atoms with Gasteiger partial charge in [-0.05, 0) is 67.6 Å². The fraction of sp³-hybridized carbons (Fsp3) is 0.350. The van der Waals surface area contributed by atoms with E-state index in [1.807, 2.05) is 39.0 Å². The first-order valence-corrected chi connectivity index (χ1v) is 10.6. The molecule has 0 aliphatic carbocycles. The third-order valence-corrected chi connectivity index (χ3v) is 6.03. The standard InChI is InChI=1S/C20H25N3O3S/c1-4-10-21-20(24)23-11-9-16-13-17(7-8-19(16)23)27(25,26)22-18-12-14(2)5-6-15(18)3/h5-8,12-13,22H,4,9-11H2,1-3H3,(H,21,24). The van der Waals surface area contributed by atoms with Crippen LogP contribution in [-0.4, -0.2) is 27.5 Å². The van der Waals surface area contributed by atoms with E-state index in [0.29, 0.717) is 25.2 Å². The average molecular weight is 388 g/mol. The van der Waals surface area contributed by atoms with Crippen molar-refractivity contribution in [3.8, 4) is 0 Å². The van der Waals surface area contributed by atoms with Crippen molar-refractivity contribution >= 4 is 27.4 Å². The van der Waals surface area contributed by atoms with Crippen molar-refractivity contribution in [1.82, 2.24) is 5.32 Å². The second-order valence-electron chi connectivity index (χ2n) is 6.85. The molecule has 7 heteroatoms. The Morgan fingerprint density at radius 3 is 2.67 bits per heavy atom. The molecule has 6 nitrogen and oxygen atoms in total. The van der Waals surface area contributed by atoms with Crippen molar-refractivity contribution in [3.63, 3.8) is 0 Å². The largest absolute Gasteiger partial charge is 0.338 e. The molecule has 0 spiro atoms. The highest BCUT2D eigenvalue weighted by Crippen LogP contribution is 2.31. The van der Waals surface area contributed by atoms with Crippen LogP contribution in [0.5, 0.6) is 0 Å². The van der Waals surface area contributed by atoms with Gasteiger partial charge in [0, 0.05) is 18.8 Å². The fourth-order valence-corrected chi connectivity index (χ4v) is 4.30. The quantitative estimate of drug-likeness (QED) is 0.823. The molecule has 0 bridgehead atoms. The van der Waals surface area contributed by atoms with E-state index in [4.69, 9.17) is 0 Å². The van der Waals surface area contributed by atoms with Crippen molar-refractivity contribution in [2.24, 2.45) is 0 Å². The molecule has 27 heavy (non-hydrogen) atoms. The van der Waals surface area contributed by atoms with Crippen LogP contribution in [0.2, 0.25) is 0 Å². The number of amides is 2. The molecule has 0 unspecified atom stereocenters. The highest BCUT2D eigenvalue weighted by atomic mass is 32.2. The third kappa shape index (κ3) is 4.08. The van der Waals surface area contributed by atoms with Gasteiger partial charge in [0.1, 0.15) is 0 Å². The van der Waals surface area contributed by atoms with E-state index in [-0.39, 0.29) is 10.9 Å². The molecule has 3 rings (SSSR count). The van der Waals surface area contributed by atoms with Crippen LogP contribution in [0.1, 0.15) is 30.0 Å². The number of aryl methyl sites for hydroxylation is 2. The smallest absolute Gasteiger partial charge is 0.321 e. The minimum atomic E-state index is -3.70. The summed E-state index contributed by atoms with van der Waals surface area (Å²) in [6.45, 7) is 6.96. The van der Waals surface area contributed by atoms with Gasteiger partial charge in [0.2, 0.25) is 0 Å². The van der Waals surface area contributed by atoms with Gasteiger partial charge in [-0.15, -0.1) is 0 Å². The first kappa shape index (κ1) is 19.2. The SMILES string of the molecule is CCCNC(=O)N1CCc2cc(S(=O)(=O)Nc3cc(C)ccc3C)ccc21. The minimum absolute atomic E-state index is 0.139. The number of benzene rings is 2. The summed E-state index contributed by atoms with van der Waals surface area (Å²) in [5.41, 5.74) is 4.07. The van der Waals surface area contributed by atoms with E-state index in [0.717, 1.165) is 28.8 Å². The van der Waals surface area contributed by atoms with Crippen molar-refractivity contribution in [1.29, 1.82) is 0 Å². The molecule has 1 heterocycles. The molecule has 0 aromatic heterocycles. The van der Waals surface area contributed by atoms with E-state index >= 15 is 0 Å². The van der Waals surface area contributed by atoms with Gasteiger partial charge in [0.05, 0.1) is 10.6 Å². The lowest BCUT2D eigenvalue weighted by atomic mass is 10.1. The van der Waals surface area contributed by atoms with Crippen LogP contribution in [0.15, 0.2) is 41.3 Å². The van der Waals surface area contributed by atoms with Crippen LogP contribution >= 0.6 is 0 Å². The van der Waals surface area contributed by atoms with Gasteiger partial charge in [-0.2, -0.15) is 0 Å². The van der Waals surface area contributed by atoms with Crippen LogP contribution in [0.25, 0.3) is 0 Å². The maximum Gasteiger partial charge on any atom is 0.321 e. The van der Waals surface area contributed by atoms with Gasteiger partial charge in [-0.1, -0.05) is 19.1 Å². The molecule has 144 valence electrons. The van der Waals surface area contributed by atoms with Gasteiger partial charge in [-0.3, -0.25) is 9.62 Å². The summed E-state index contributed by atoms with van der Waals surface area (Å²) in [4.78, 5) is 14.1. The lowest BCUT2D eigenvalue weighted by Gasteiger charge is -2.18. The van der Waals surface area contributed by atoms with Crippen molar-refractivity contribution in [3.05, 3.63) is 53.1 Å². The number of sulfonamides is 1. The number of anilines is 2. The van der Waals surface area contributed by atoms with E-state index in [1.165, 1.54) is 0 Å². The van der Waals surface area contributed by atoms with Crippen molar-refractivity contribution < 1.29 is 13.2 Å². The first-order chi connectivity index (χ1) is 12.8. The highest BCUT2D eigenvalue weighted by Gasteiger charge is 2.26. The Kier molecular flexibility index (Phi) is 5.41. The van der Waals surface area contributed by atoms with E-state index in [1.54, 1.807) is 23.1 Å². The minimum Gasteiger partial charge on any atom is -0.338 e. The molecule has 0 saturated heterocycles. The number of hydrogen-bond donors (Lipinski definition) is 2. The Hall–Kier alpha value is -2.54. The summed E-state index contributed by atoms with van der Waals surface area (Å²) < 4.78 is 28.3. The number of carbonyl (C=O) groups excluding carboxylic acids is 1. The molecular formula is C20H25N3O3S. The molecule has 0 atom stereocenters. The second kappa shape index (κ2) is 7.60. The number of carbonyl (C=O) groups is 1. The molecule has 1 aliphatic heterocycles. The number of hydrogen-bond acceptors (Lipinski definition) is 3. The maximum atomic E-state index is 12.8. The molecule has 2 aromatic rings. The molecule has 2 N–H and O–H groups in total. The average Bonchev–Trinajstić information content (AvgIpc) is 3.06. The molecule has 2 aromatic carbocycles. The Labute approximate surface area is 160 Å². The van der Waals surface area contributed by atoms with Gasteiger partial charge in [0.15, 0.2) is 0 Å². The van der Waals surface area contributed by atoms with Crippen LogP contribution in [0, 0.1) is 13.8 Å². The van der Waals surface area contributed by atoms with Crippen LogP contribution in [0.3, 0.4) is 0 Å². The van der Waals surface area contributed by atoms with Gasteiger partial charge < -0.3 is 5.32 Å². The molecule has 0 fully saturated rings. The topological polar surface area (TPSA) is 78.5 Å². The Bertz CT molecular complexity index is 970. The predicted octanol–water partition coefficient (Wildman–Crippen LogP) is 3.59. The molecule has 0 saturated carbocycles. The number of urea groups is 1. The zero-order valence-corrected chi connectivity index (χ0v) is 16.7. The summed E-state index contributed by atoms with van der Waals surface area (Å²) in [5.74, 6) is 0. The number of fused-ring (bicyclic) bond motifs is 1. The van der Waals surface area contributed by atoms with E-state index in [9.17, 15) is 13.2 Å². The second-order valence-corrected chi connectivity index (χ2v) is 8.53. The van der Waals surface area contributed by atoms with Crippen LogP contribution in [0.4, 0.5) is 16.2 Å². The normalized spacial score (nSPS) is 13.4. The van der Waals surface area contributed by atoms with Crippen LogP contribution < -0.4 is 14.9 Å². The zero-order chi connectivity index (χ0) is 19.6. The summed E-state index contributed by atoms with van der Waals surface area (Å²) in [6, 6.07) is 10.4. The number of rotatable bonds is 5. The molecule has 0 radical (unpaired) electrons. The van der Waals surface area contributed by atoms with Crippen LogP contribution in [-0.2, 0) is 16.4 Å². The van der Waals surface area contributed by atoms with Crippen molar-refractivity contribution in [2.75, 3.05) is 22.7 Å².